The maximum atomic E-state index is 12.9. The lowest BCUT2D eigenvalue weighted by Gasteiger charge is -2.07. The Hall–Kier alpha value is -3.39. The molecule has 0 aliphatic heterocycles. The third-order valence-corrected chi connectivity index (χ3v) is 5.77. The van der Waals surface area contributed by atoms with Gasteiger partial charge >= 0.3 is 0 Å². The van der Waals surface area contributed by atoms with Crippen LogP contribution in [0.2, 0.25) is 0 Å². The molecule has 30 heavy (non-hydrogen) atoms. The Bertz CT molecular complexity index is 1170. The van der Waals surface area contributed by atoms with Crippen molar-refractivity contribution in [3.8, 4) is 22.8 Å². The molecule has 0 saturated carbocycles. The van der Waals surface area contributed by atoms with Crippen molar-refractivity contribution in [2.45, 2.75) is 6.92 Å². The van der Waals surface area contributed by atoms with Gasteiger partial charge in [0.05, 0.1) is 19.3 Å². The van der Waals surface area contributed by atoms with E-state index in [-0.39, 0.29) is 11.7 Å². The molecule has 4 aromatic rings. The first-order valence-electron chi connectivity index (χ1n) is 9.34. The van der Waals surface area contributed by atoms with Crippen molar-refractivity contribution in [3.63, 3.8) is 0 Å². The molecule has 2 heterocycles. The number of thiazole rings is 1. The molecule has 154 valence electrons. The summed E-state index contributed by atoms with van der Waals surface area (Å²) in [5.74, 6) is 0.862. The fraction of sp³-hybridized carbons (Fsp3) is 0.182. The minimum Gasteiger partial charge on any atom is -0.497 e. The van der Waals surface area contributed by atoms with Crippen LogP contribution in [0.15, 0.2) is 54.7 Å². The quantitative estimate of drug-likeness (QED) is 0.448. The zero-order chi connectivity index (χ0) is 21.1. The number of benzene rings is 2. The van der Waals surface area contributed by atoms with Crippen LogP contribution in [0.4, 0.5) is 4.39 Å². The van der Waals surface area contributed by atoms with Gasteiger partial charge in [-0.05, 0) is 55.5 Å². The van der Waals surface area contributed by atoms with Crippen molar-refractivity contribution in [3.05, 3.63) is 71.1 Å². The van der Waals surface area contributed by atoms with Gasteiger partial charge in [-0.3, -0.25) is 9.20 Å². The van der Waals surface area contributed by atoms with Crippen LogP contribution in [0.5, 0.6) is 11.5 Å². The topological polar surface area (TPSA) is 64.9 Å². The Morgan fingerprint density at radius 3 is 2.50 bits per heavy atom. The van der Waals surface area contributed by atoms with Crippen LogP contribution in [0.25, 0.3) is 16.2 Å². The van der Waals surface area contributed by atoms with Crippen LogP contribution in [-0.4, -0.2) is 35.6 Å². The van der Waals surface area contributed by atoms with Gasteiger partial charge in [0.15, 0.2) is 4.96 Å². The summed E-state index contributed by atoms with van der Waals surface area (Å²) < 4.78 is 25.5. The van der Waals surface area contributed by atoms with Crippen LogP contribution < -0.4 is 14.8 Å². The second-order valence-corrected chi connectivity index (χ2v) is 7.56. The van der Waals surface area contributed by atoms with E-state index in [1.807, 2.05) is 41.8 Å². The van der Waals surface area contributed by atoms with Gasteiger partial charge in [-0.2, -0.15) is 0 Å². The number of nitrogens with one attached hydrogen (secondary N) is 1. The highest BCUT2D eigenvalue weighted by molar-refractivity contribution is 7.19. The highest BCUT2D eigenvalue weighted by Gasteiger charge is 2.18. The molecular weight excluding hydrogens is 405 g/mol. The molecule has 0 fully saturated rings. The number of fused-ring (bicyclic) bond motifs is 1. The molecule has 8 heteroatoms. The average molecular weight is 425 g/mol. The third-order valence-electron chi connectivity index (χ3n) is 4.62. The Labute approximate surface area is 176 Å². The summed E-state index contributed by atoms with van der Waals surface area (Å²) >= 11 is 1.34. The fourth-order valence-corrected chi connectivity index (χ4v) is 4.03. The van der Waals surface area contributed by atoms with E-state index in [0.29, 0.717) is 23.8 Å². The zero-order valence-electron chi connectivity index (χ0n) is 16.5. The minimum atomic E-state index is -0.316. The molecular formula is C22H20FN3O3S. The number of ether oxygens (including phenoxy) is 2. The molecule has 0 aliphatic carbocycles. The number of imidazole rings is 1. The Balaban J connectivity index is 1.39. The Morgan fingerprint density at radius 1 is 1.13 bits per heavy atom. The van der Waals surface area contributed by atoms with E-state index in [4.69, 9.17) is 9.47 Å². The number of carbonyl (C=O) groups is 1. The molecule has 0 unspecified atom stereocenters. The number of amides is 1. The number of halogens is 1. The molecule has 0 bridgehead atoms. The molecule has 1 N–H and O–H groups in total. The number of aryl methyl sites for hydroxylation is 1. The van der Waals surface area contributed by atoms with Crippen LogP contribution >= 0.6 is 11.3 Å². The van der Waals surface area contributed by atoms with Gasteiger partial charge < -0.3 is 14.8 Å². The molecule has 0 atom stereocenters. The molecule has 2 aromatic carbocycles. The number of methoxy groups -OCH3 is 1. The molecule has 0 radical (unpaired) electrons. The van der Waals surface area contributed by atoms with Crippen molar-refractivity contribution in [1.29, 1.82) is 0 Å². The van der Waals surface area contributed by atoms with Crippen LogP contribution in [0.1, 0.15) is 15.4 Å². The second kappa shape index (κ2) is 8.54. The van der Waals surface area contributed by atoms with E-state index >= 15 is 0 Å². The first kappa shape index (κ1) is 19.9. The van der Waals surface area contributed by atoms with Gasteiger partial charge in [0.2, 0.25) is 0 Å². The fourth-order valence-electron chi connectivity index (χ4n) is 3.01. The summed E-state index contributed by atoms with van der Waals surface area (Å²) in [6.07, 6.45) is 1.93. The van der Waals surface area contributed by atoms with Crippen molar-refractivity contribution in [2.75, 3.05) is 20.3 Å². The summed E-state index contributed by atoms with van der Waals surface area (Å²) in [7, 11) is 1.63. The average Bonchev–Trinajstić information content (AvgIpc) is 3.32. The molecule has 0 saturated heterocycles. The summed E-state index contributed by atoms with van der Waals surface area (Å²) in [5, 5.41) is 2.85. The highest BCUT2D eigenvalue weighted by Crippen LogP contribution is 2.28. The van der Waals surface area contributed by atoms with Gasteiger partial charge in [0.1, 0.15) is 28.8 Å². The summed E-state index contributed by atoms with van der Waals surface area (Å²) in [5.41, 5.74) is 2.65. The predicted molar refractivity (Wildman–Crippen MR) is 114 cm³/mol. The molecule has 1 amide bonds. The monoisotopic (exact) mass is 425 g/mol. The zero-order valence-corrected chi connectivity index (χ0v) is 17.3. The van der Waals surface area contributed by atoms with Gasteiger partial charge in [-0.25, -0.2) is 9.37 Å². The maximum Gasteiger partial charge on any atom is 0.263 e. The summed E-state index contributed by atoms with van der Waals surface area (Å²) in [4.78, 5) is 18.6. The van der Waals surface area contributed by atoms with E-state index in [2.05, 4.69) is 10.3 Å². The SMILES string of the molecule is COc1ccc(-c2cn3c(C)c(C(=O)NCCOc4ccc(F)cc4)sc3n2)cc1. The highest BCUT2D eigenvalue weighted by atomic mass is 32.1. The maximum absolute atomic E-state index is 12.9. The number of aromatic nitrogens is 2. The number of rotatable bonds is 7. The molecule has 6 nitrogen and oxygen atoms in total. The van der Waals surface area contributed by atoms with Gasteiger partial charge in [-0.15, -0.1) is 0 Å². The largest absolute Gasteiger partial charge is 0.497 e. The third kappa shape index (κ3) is 4.13. The number of nitrogens with zero attached hydrogens (tertiary/aromatic N) is 2. The number of hydrogen-bond donors (Lipinski definition) is 1. The van der Waals surface area contributed by atoms with E-state index in [1.165, 1.54) is 23.5 Å². The first-order chi connectivity index (χ1) is 14.5. The smallest absolute Gasteiger partial charge is 0.263 e. The summed E-state index contributed by atoms with van der Waals surface area (Å²) in [6, 6.07) is 13.5. The standard InChI is InChI=1S/C22H20FN3O3S/c1-14-20(21(27)24-11-12-29-18-9-5-16(23)6-10-18)30-22-25-19(13-26(14)22)15-3-7-17(28-2)8-4-15/h3-10,13H,11-12H2,1-2H3,(H,24,27). The predicted octanol–water partition coefficient (Wildman–Crippen LogP) is 4.33. The first-order valence-corrected chi connectivity index (χ1v) is 10.2. The Kier molecular flexibility index (Phi) is 5.67. The second-order valence-electron chi connectivity index (χ2n) is 6.58. The van der Waals surface area contributed by atoms with E-state index in [1.54, 1.807) is 19.2 Å². The normalized spacial score (nSPS) is 10.9. The van der Waals surface area contributed by atoms with Gasteiger partial charge in [0.25, 0.3) is 5.91 Å². The van der Waals surface area contributed by atoms with Crippen LogP contribution in [0.3, 0.4) is 0 Å². The lowest BCUT2D eigenvalue weighted by atomic mass is 10.2. The van der Waals surface area contributed by atoms with E-state index < -0.39 is 0 Å². The molecule has 2 aromatic heterocycles. The van der Waals surface area contributed by atoms with Gasteiger partial charge in [0, 0.05) is 17.5 Å². The van der Waals surface area contributed by atoms with E-state index in [0.717, 1.165) is 27.7 Å². The minimum absolute atomic E-state index is 0.170. The molecule has 4 rings (SSSR count). The van der Waals surface area contributed by atoms with Crippen molar-refractivity contribution in [1.82, 2.24) is 14.7 Å². The molecule has 0 spiro atoms. The van der Waals surface area contributed by atoms with E-state index in [9.17, 15) is 9.18 Å². The van der Waals surface area contributed by atoms with Crippen molar-refractivity contribution < 1.29 is 18.7 Å². The van der Waals surface area contributed by atoms with Crippen molar-refractivity contribution in [2.24, 2.45) is 0 Å². The molecule has 0 aliphatic rings. The van der Waals surface area contributed by atoms with Crippen LogP contribution in [-0.2, 0) is 0 Å². The lowest BCUT2D eigenvalue weighted by Crippen LogP contribution is -2.28. The van der Waals surface area contributed by atoms with Crippen LogP contribution in [0, 0.1) is 12.7 Å². The summed E-state index contributed by atoms with van der Waals surface area (Å²) in [6.45, 7) is 2.53. The Morgan fingerprint density at radius 2 is 1.83 bits per heavy atom. The number of hydrogen-bond acceptors (Lipinski definition) is 5. The van der Waals surface area contributed by atoms with Crippen molar-refractivity contribution >= 4 is 22.2 Å². The lowest BCUT2D eigenvalue weighted by molar-refractivity contribution is 0.0950. The number of carbonyl (C=O) groups excluding carboxylic acids is 1. The van der Waals surface area contributed by atoms with Gasteiger partial charge in [-0.1, -0.05) is 11.3 Å².